The smallest absolute Gasteiger partial charge is 0.271 e. The minimum atomic E-state index is -0.431. The highest BCUT2D eigenvalue weighted by Gasteiger charge is 2.12. The lowest BCUT2D eigenvalue weighted by molar-refractivity contribution is -0.384. The van der Waals surface area contributed by atoms with E-state index in [0.29, 0.717) is 17.2 Å². The van der Waals surface area contributed by atoms with Crippen LogP contribution in [0.1, 0.15) is 5.56 Å². The summed E-state index contributed by atoms with van der Waals surface area (Å²) in [5.41, 5.74) is 10.9. The van der Waals surface area contributed by atoms with Crippen LogP contribution in [0, 0.1) is 17.0 Å². The van der Waals surface area contributed by atoms with Crippen molar-refractivity contribution in [2.24, 2.45) is 0 Å². The van der Waals surface area contributed by atoms with Crippen LogP contribution < -0.4 is 10.9 Å². The van der Waals surface area contributed by atoms with Gasteiger partial charge in [-0.15, -0.1) is 0 Å². The number of nitro groups is 1. The van der Waals surface area contributed by atoms with Crippen LogP contribution in [0.25, 0.3) is 22.3 Å². The zero-order valence-electron chi connectivity index (χ0n) is 15.1. The summed E-state index contributed by atoms with van der Waals surface area (Å²) in [7, 11) is 0. The molecule has 0 saturated heterocycles. The molecular weight excluding hydrogens is 354 g/mol. The molecule has 1 heterocycles. The maximum atomic E-state index is 11.0. The zero-order valence-corrected chi connectivity index (χ0v) is 15.1. The Labute approximate surface area is 161 Å². The van der Waals surface area contributed by atoms with Gasteiger partial charge in [-0.1, -0.05) is 42.5 Å². The van der Waals surface area contributed by atoms with E-state index < -0.39 is 4.92 Å². The number of nitro benzene ring substituents is 1. The molecule has 0 fully saturated rings. The topological polar surface area (TPSA) is 93.0 Å². The third kappa shape index (κ3) is 3.59. The third-order valence-corrected chi connectivity index (χ3v) is 4.25. The lowest BCUT2D eigenvalue weighted by atomic mass is 10.1. The van der Waals surface area contributed by atoms with Crippen LogP contribution in [0.5, 0.6) is 0 Å². The molecule has 0 aliphatic rings. The summed E-state index contributed by atoms with van der Waals surface area (Å²) in [6, 6.07) is 21.9. The summed E-state index contributed by atoms with van der Waals surface area (Å²) in [4.78, 5) is 20.0. The second-order valence-corrected chi connectivity index (χ2v) is 6.34. The molecule has 0 saturated carbocycles. The van der Waals surface area contributed by atoms with Crippen LogP contribution in [-0.4, -0.2) is 14.9 Å². The van der Waals surface area contributed by atoms with Crippen molar-refractivity contribution in [3.05, 3.63) is 88.5 Å². The molecule has 2 N–H and O–H groups in total. The summed E-state index contributed by atoms with van der Waals surface area (Å²) in [5, 5.41) is 11.0. The molecule has 138 valence electrons. The zero-order chi connectivity index (χ0) is 19.5. The van der Waals surface area contributed by atoms with E-state index in [1.165, 1.54) is 12.1 Å². The molecule has 0 radical (unpaired) electrons. The Balaban J connectivity index is 1.74. The average Bonchev–Trinajstić information content (AvgIpc) is 2.72. The fraction of sp³-hybridized carbons (Fsp3) is 0.0476. The number of benzene rings is 3. The molecule has 0 bridgehead atoms. The molecule has 0 spiro atoms. The highest BCUT2D eigenvalue weighted by atomic mass is 16.6. The number of hydrogen-bond donors (Lipinski definition) is 2. The quantitative estimate of drug-likeness (QED) is 0.381. The number of nitrogens with zero attached hydrogens (tertiary/aromatic N) is 3. The Morgan fingerprint density at radius 2 is 1.68 bits per heavy atom. The van der Waals surface area contributed by atoms with Crippen LogP contribution >= 0.6 is 0 Å². The Morgan fingerprint density at radius 3 is 2.46 bits per heavy atom. The van der Waals surface area contributed by atoms with Crippen molar-refractivity contribution in [2.75, 3.05) is 10.9 Å². The van der Waals surface area contributed by atoms with E-state index in [4.69, 9.17) is 9.97 Å². The molecule has 0 aliphatic carbocycles. The van der Waals surface area contributed by atoms with Crippen LogP contribution in [0.15, 0.2) is 72.8 Å². The average molecular weight is 371 g/mol. The number of fused-ring (bicyclic) bond motifs is 1. The first kappa shape index (κ1) is 17.4. The number of aryl methyl sites for hydroxylation is 1. The van der Waals surface area contributed by atoms with Crippen LogP contribution in [0.2, 0.25) is 0 Å². The SMILES string of the molecule is Cc1ccc2nc(-c3ccccc3)c(NNc3cccc([N+](=O)[O-])c3)nc2c1. The Kier molecular flexibility index (Phi) is 4.55. The molecule has 4 aromatic rings. The summed E-state index contributed by atoms with van der Waals surface area (Å²) < 4.78 is 0. The maximum Gasteiger partial charge on any atom is 0.271 e. The second-order valence-electron chi connectivity index (χ2n) is 6.34. The summed E-state index contributed by atoms with van der Waals surface area (Å²) in [6.07, 6.45) is 0. The third-order valence-electron chi connectivity index (χ3n) is 4.25. The Morgan fingerprint density at radius 1 is 0.857 bits per heavy atom. The van der Waals surface area contributed by atoms with Crippen molar-refractivity contribution < 1.29 is 4.92 Å². The molecule has 0 amide bonds. The van der Waals surface area contributed by atoms with Gasteiger partial charge in [0.05, 0.1) is 21.6 Å². The second kappa shape index (κ2) is 7.32. The molecule has 0 aliphatic heterocycles. The molecule has 0 atom stereocenters. The Bertz CT molecular complexity index is 1160. The van der Waals surface area contributed by atoms with Gasteiger partial charge in [0.2, 0.25) is 0 Å². The van der Waals surface area contributed by atoms with Gasteiger partial charge < -0.3 is 0 Å². The van der Waals surface area contributed by atoms with Gasteiger partial charge in [0.15, 0.2) is 5.82 Å². The lowest BCUT2D eigenvalue weighted by Crippen LogP contribution is -2.12. The Hall–Kier alpha value is -4.00. The van der Waals surface area contributed by atoms with E-state index in [0.717, 1.165) is 22.2 Å². The minimum Gasteiger partial charge on any atom is -0.299 e. The predicted molar refractivity (Wildman–Crippen MR) is 110 cm³/mol. The number of anilines is 2. The number of hydrogen-bond acceptors (Lipinski definition) is 6. The predicted octanol–water partition coefficient (Wildman–Crippen LogP) is 4.95. The fourth-order valence-electron chi connectivity index (χ4n) is 2.88. The monoisotopic (exact) mass is 371 g/mol. The minimum absolute atomic E-state index is 0.00954. The normalized spacial score (nSPS) is 10.6. The summed E-state index contributed by atoms with van der Waals surface area (Å²) in [6.45, 7) is 2.00. The van der Waals surface area contributed by atoms with Gasteiger partial charge in [-0.3, -0.25) is 21.0 Å². The van der Waals surface area contributed by atoms with Gasteiger partial charge >= 0.3 is 0 Å². The largest absolute Gasteiger partial charge is 0.299 e. The van der Waals surface area contributed by atoms with Crippen molar-refractivity contribution in [3.8, 4) is 11.3 Å². The first-order valence-electron chi connectivity index (χ1n) is 8.70. The number of hydrazine groups is 1. The number of rotatable bonds is 5. The van der Waals surface area contributed by atoms with Gasteiger partial charge in [0.1, 0.15) is 5.69 Å². The molecule has 28 heavy (non-hydrogen) atoms. The van der Waals surface area contributed by atoms with Crippen molar-refractivity contribution in [1.82, 2.24) is 9.97 Å². The number of non-ortho nitro benzene ring substituents is 1. The van der Waals surface area contributed by atoms with E-state index >= 15 is 0 Å². The van der Waals surface area contributed by atoms with Crippen LogP contribution in [-0.2, 0) is 0 Å². The first-order chi connectivity index (χ1) is 13.6. The standard InChI is InChI=1S/C21H17N5O2/c1-14-10-11-18-19(12-14)23-21(20(22-18)15-6-3-2-4-7-15)25-24-16-8-5-9-17(13-16)26(27)28/h2-13,24H,1H3,(H,23,25). The van der Waals surface area contributed by atoms with Gasteiger partial charge in [-0.2, -0.15) is 0 Å². The van der Waals surface area contributed by atoms with E-state index in [2.05, 4.69) is 10.9 Å². The molecule has 1 aromatic heterocycles. The van der Waals surface area contributed by atoms with Gasteiger partial charge in [0, 0.05) is 17.7 Å². The van der Waals surface area contributed by atoms with Crippen molar-refractivity contribution in [2.45, 2.75) is 6.92 Å². The van der Waals surface area contributed by atoms with Crippen molar-refractivity contribution >= 4 is 28.2 Å². The van der Waals surface area contributed by atoms with Gasteiger partial charge in [-0.05, 0) is 30.7 Å². The maximum absolute atomic E-state index is 11.0. The van der Waals surface area contributed by atoms with Crippen molar-refractivity contribution in [3.63, 3.8) is 0 Å². The summed E-state index contributed by atoms with van der Waals surface area (Å²) in [5.74, 6) is 0.538. The molecular formula is C21H17N5O2. The molecule has 4 rings (SSSR count). The highest BCUT2D eigenvalue weighted by molar-refractivity contribution is 5.84. The molecule has 7 nitrogen and oxygen atoms in total. The van der Waals surface area contributed by atoms with Crippen LogP contribution in [0.3, 0.4) is 0 Å². The van der Waals surface area contributed by atoms with E-state index in [9.17, 15) is 10.1 Å². The number of aromatic nitrogens is 2. The van der Waals surface area contributed by atoms with Gasteiger partial charge in [0.25, 0.3) is 5.69 Å². The highest BCUT2D eigenvalue weighted by Crippen LogP contribution is 2.27. The fourth-order valence-corrected chi connectivity index (χ4v) is 2.88. The molecule has 0 unspecified atom stereocenters. The van der Waals surface area contributed by atoms with Gasteiger partial charge in [-0.25, -0.2) is 9.97 Å². The van der Waals surface area contributed by atoms with E-state index in [-0.39, 0.29) is 5.69 Å². The number of nitrogens with one attached hydrogen (secondary N) is 2. The van der Waals surface area contributed by atoms with Crippen molar-refractivity contribution in [1.29, 1.82) is 0 Å². The van der Waals surface area contributed by atoms with E-state index in [1.807, 2.05) is 55.5 Å². The first-order valence-corrected chi connectivity index (χ1v) is 8.70. The molecule has 7 heteroatoms. The molecule has 3 aromatic carbocycles. The van der Waals surface area contributed by atoms with Crippen LogP contribution in [0.4, 0.5) is 17.2 Å². The summed E-state index contributed by atoms with van der Waals surface area (Å²) >= 11 is 0. The lowest BCUT2D eigenvalue weighted by Gasteiger charge is -2.14. The van der Waals surface area contributed by atoms with E-state index in [1.54, 1.807) is 12.1 Å².